The summed E-state index contributed by atoms with van der Waals surface area (Å²) in [5.74, 6) is 0.685. The van der Waals surface area contributed by atoms with Gasteiger partial charge in [-0.2, -0.15) is 0 Å². The third-order valence-corrected chi connectivity index (χ3v) is 6.19. The SMILES string of the molecule is CC(C)(C)OC(=O)N1C(c2ccccc2)=CC2(C=C1c1cc3ccccc3o1)CCCC2. The van der Waals surface area contributed by atoms with Gasteiger partial charge in [0.05, 0.1) is 11.4 Å². The molecule has 0 bridgehead atoms. The molecule has 4 nitrogen and oxygen atoms in total. The van der Waals surface area contributed by atoms with Gasteiger partial charge in [0.25, 0.3) is 0 Å². The van der Waals surface area contributed by atoms with Gasteiger partial charge in [-0.15, -0.1) is 0 Å². The Balaban J connectivity index is 1.70. The van der Waals surface area contributed by atoms with Crippen LogP contribution in [-0.4, -0.2) is 16.6 Å². The van der Waals surface area contributed by atoms with Gasteiger partial charge >= 0.3 is 6.09 Å². The van der Waals surface area contributed by atoms with Gasteiger partial charge in [-0.1, -0.05) is 61.4 Å². The number of furan rings is 1. The second-order valence-electron chi connectivity index (χ2n) is 9.83. The van der Waals surface area contributed by atoms with Crippen molar-refractivity contribution >= 4 is 28.5 Å². The third kappa shape index (κ3) is 3.86. The molecule has 3 aromatic rings. The molecular weight excluding hydrogens is 398 g/mol. The van der Waals surface area contributed by atoms with Crippen LogP contribution in [0, 0.1) is 5.41 Å². The molecule has 2 aromatic carbocycles. The maximum Gasteiger partial charge on any atom is 0.419 e. The Labute approximate surface area is 189 Å². The normalized spacial score (nSPS) is 18.0. The molecule has 2 aliphatic rings. The number of ether oxygens (including phenoxy) is 1. The molecule has 0 unspecified atom stereocenters. The largest absolute Gasteiger partial charge is 0.455 e. The second-order valence-corrected chi connectivity index (χ2v) is 9.83. The molecule has 1 aliphatic carbocycles. The van der Waals surface area contributed by atoms with Gasteiger partial charge in [-0.05, 0) is 63.5 Å². The second kappa shape index (κ2) is 7.70. The number of rotatable bonds is 2. The number of hydrogen-bond acceptors (Lipinski definition) is 3. The van der Waals surface area contributed by atoms with E-state index in [9.17, 15) is 4.79 Å². The van der Waals surface area contributed by atoms with Crippen molar-refractivity contribution in [2.75, 3.05) is 0 Å². The molecule has 1 amide bonds. The average Bonchev–Trinajstić information content (AvgIpc) is 3.39. The van der Waals surface area contributed by atoms with Crippen LogP contribution in [0.4, 0.5) is 4.79 Å². The average molecular weight is 428 g/mol. The number of amides is 1. The molecular formula is C28H29NO3. The Bertz CT molecular complexity index is 1170. The fraction of sp³-hybridized carbons (Fsp3) is 0.321. The maximum absolute atomic E-state index is 13.6. The van der Waals surface area contributed by atoms with Crippen LogP contribution >= 0.6 is 0 Å². The van der Waals surface area contributed by atoms with Crippen LogP contribution in [0.2, 0.25) is 0 Å². The molecule has 1 aromatic heterocycles. The molecule has 1 fully saturated rings. The Hall–Kier alpha value is -3.27. The first-order valence-corrected chi connectivity index (χ1v) is 11.4. The number of allylic oxidation sites excluding steroid dienone is 2. The molecule has 1 aliphatic heterocycles. The van der Waals surface area contributed by atoms with Gasteiger partial charge in [-0.25, -0.2) is 9.69 Å². The van der Waals surface area contributed by atoms with Crippen LogP contribution in [-0.2, 0) is 4.74 Å². The van der Waals surface area contributed by atoms with Crippen LogP contribution in [0.25, 0.3) is 22.4 Å². The third-order valence-electron chi connectivity index (χ3n) is 6.19. The lowest BCUT2D eigenvalue weighted by atomic mass is 9.80. The molecule has 5 rings (SSSR count). The Kier molecular flexibility index (Phi) is 4.96. The highest BCUT2D eigenvalue weighted by Crippen LogP contribution is 2.50. The lowest BCUT2D eigenvalue weighted by Crippen LogP contribution is -2.37. The zero-order valence-corrected chi connectivity index (χ0v) is 18.9. The van der Waals surface area contributed by atoms with Crippen molar-refractivity contribution < 1.29 is 13.9 Å². The summed E-state index contributed by atoms with van der Waals surface area (Å²) >= 11 is 0. The van der Waals surface area contributed by atoms with Crippen molar-refractivity contribution in [3.05, 3.63) is 84.1 Å². The van der Waals surface area contributed by atoms with Crippen molar-refractivity contribution in [3.63, 3.8) is 0 Å². The lowest BCUT2D eigenvalue weighted by Gasteiger charge is -2.37. The monoisotopic (exact) mass is 427 g/mol. The fourth-order valence-corrected chi connectivity index (χ4v) is 4.78. The van der Waals surface area contributed by atoms with Crippen LogP contribution in [0.1, 0.15) is 57.8 Å². The van der Waals surface area contributed by atoms with Crippen molar-refractivity contribution in [3.8, 4) is 0 Å². The number of carbonyl (C=O) groups excluding carboxylic acids is 1. The molecule has 164 valence electrons. The highest BCUT2D eigenvalue weighted by Gasteiger charge is 2.41. The molecule has 4 heteroatoms. The van der Waals surface area contributed by atoms with Crippen LogP contribution in [0.15, 0.2) is 77.2 Å². The van der Waals surface area contributed by atoms with Crippen molar-refractivity contribution in [1.29, 1.82) is 0 Å². The molecule has 32 heavy (non-hydrogen) atoms. The minimum absolute atomic E-state index is 0.0853. The summed E-state index contributed by atoms with van der Waals surface area (Å²) < 4.78 is 12.1. The highest BCUT2D eigenvalue weighted by atomic mass is 16.6. The van der Waals surface area contributed by atoms with Gasteiger partial charge in [-0.3, -0.25) is 0 Å². The minimum Gasteiger partial charge on any atom is -0.455 e. The van der Waals surface area contributed by atoms with Gasteiger partial charge in [0.1, 0.15) is 11.2 Å². The van der Waals surface area contributed by atoms with Gasteiger partial charge < -0.3 is 9.15 Å². The topological polar surface area (TPSA) is 42.7 Å². The van der Waals surface area contributed by atoms with Gasteiger partial charge in [0.2, 0.25) is 0 Å². The van der Waals surface area contributed by atoms with E-state index in [0.29, 0.717) is 5.76 Å². The Morgan fingerprint density at radius 3 is 2.28 bits per heavy atom. The van der Waals surface area contributed by atoms with Crippen LogP contribution in [0.5, 0.6) is 0 Å². The van der Waals surface area contributed by atoms with E-state index in [0.717, 1.165) is 40.8 Å². The molecule has 0 saturated heterocycles. The first-order valence-electron chi connectivity index (χ1n) is 11.4. The summed E-state index contributed by atoms with van der Waals surface area (Å²) in [7, 11) is 0. The van der Waals surface area contributed by atoms with E-state index in [1.807, 2.05) is 81.4 Å². The predicted octanol–water partition coefficient (Wildman–Crippen LogP) is 7.63. The van der Waals surface area contributed by atoms with Crippen LogP contribution in [0.3, 0.4) is 0 Å². The predicted molar refractivity (Wildman–Crippen MR) is 128 cm³/mol. The highest BCUT2D eigenvalue weighted by molar-refractivity contribution is 5.96. The lowest BCUT2D eigenvalue weighted by molar-refractivity contribution is 0.0421. The molecule has 0 radical (unpaired) electrons. The zero-order valence-electron chi connectivity index (χ0n) is 18.9. The summed E-state index contributed by atoms with van der Waals surface area (Å²) in [5, 5.41) is 1.02. The van der Waals surface area contributed by atoms with Crippen LogP contribution < -0.4 is 0 Å². The first kappa shape index (κ1) is 20.6. The summed E-state index contributed by atoms with van der Waals surface area (Å²) in [6.45, 7) is 5.68. The van der Waals surface area contributed by atoms with Crippen molar-refractivity contribution in [2.24, 2.45) is 5.41 Å². The van der Waals surface area contributed by atoms with Gasteiger partial charge in [0, 0.05) is 10.8 Å². The number of hydrogen-bond donors (Lipinski definition) is 0. The molecule has 2 heterocycles. The Morgan fingerprint density at radius 2 is 1.59 bits per heavy atom. The van der Waals surface area contributed by atoms with Crippen molar-refractivity contribution in [1.82, 2.24) is 4.90 Å². The number of benzene rings is 2. The van der Waals surface area contributed by atoms with E-state index in [4.69, 9.17) is 9.15 Å². The number of carbonyl (C=O) groups is 1. The van der Waals surface area contributed by atoms with E-state index in [2.05, 4.69) is 12.2 Å². The summed E-state index contributed by atoms with van der Waals surface area (Å²) in [4.78, 5) is 15.3. The standard InChI is InChI=1S/C28H29NO3/c1-27(2,3)32-26(30)29-22(20-11-5-4-6-12-20)18-28(15-9-10-16-28)19-23(29)25-17-21-13-7-8-14-24(21)31-25/h4-8,11-14,17-19H,9-10,15-16H2,1-3H3. The summed E-state index contributed by atoms with van der Waals surface area (Å²) in [5.41, 5.74) is 2.73. The van der Waals surface area contributed by atoms with Crippen molar-refractivity contribution in [2.45, 2.75) is 52.1 Å². The summed E-state index contributed by atoms with van der Waals surface area (Å²) in [6, 6.07) is 20.1. The van der Waals surface area contributed by atoms with E-state index in [1.54, 1.807) is 4.90 Å². The fourth-order valence-electron chi connectivity index (χ4n) is 4.78. The van der Waals surface area contributed by atoms with Gasteiger partial charge in [0.15, 0.2) is 5.76 Å². The molecule has 1 spiro atoms. The van der Waals surface area contributed by atoms with E-state index in [-0.39, 0.29) is 5.41 Å². The molecule has 0 atom stereocenters. The Morgan fingerprint density at radius 1 is 0.938 bits per heavy atom. The number of fused-ring (bicyclic) bond motifs is 1. The molecule has 1 saturated carbocycles. The van der Waals surface area contributed by atoms with E-state index < -0.39 is 11.7 Å². The zero-order chi connectivity index (χ0) is 22.3. The number of para-hydroxylation sites is 1. The minimum atomic E-state index is -0.611. The maximum atomic E-state index is 13.6. The number of nitrogens with zero attached hydrogens (tertiary/aromatic N) is 1. The van der Waals surface area contributed by atoms with E-state index >= 15 is 0 Å². The quantitative estimate of drug-likeness (QED) is 0.422. The molecule has 0 N–H and O–H groups in total. The van der Waals surface area contributed by atoms with E-state index in [1.165, 1.54) is 12.8 Å². The summed E-state index contributed by atoms with van der Waals surface area (Å²) in [6.07, 6.45) is 8.58. The first-order chi connectivity index (χ1) is 15.3. The smallest absolute Gasteiger partial charge is 0.419 e.